The van der Waals surface area contributed by atoms with Gasteiger partial charge < -0.3 is 10.6 Å². The highest BCUT2D eigenvalue weighted by molar-refractivity contribution is 9.11. The van der Waals surface area contributed by atoms with Crippen LogP contribution in [-0.2, 0) is 11.2 Å². The molecule has 1 aromatic heterocycles. The highest BCUT2D eigenvalue weighted by Gasteiger charge is 2.29. The largest absolute Gasteiger partial charge is 0.352 e. The van der Waals surface area contributed by atoms with Crippen LogP contribution in [0.25, 0.3) is 0 Å². The standard InChI is InChI=1S/C17H17BrN2O2S/c18-15-8-7-14(23-15)9-10-19-16(21)11-3-5-13(6-4-11)20-17(22)12-1-2-12/h3-8,12H,1-2,9-10H2,(H,19,21)(H,20,22). The van der Waals surface area contributed by atoms with Gasteiger partial charge in [-0.25, -0.2) is 0 Å². The Hall–Kier alpha value is -1.66. The molecule has 23 heavy (non-hydrogen) atoms. The Morgan fingerprint density at radius 1 is 1.13 bits per heavy atom. The van der Waals surface area contributed by atoms with Crippen LogP contribution in [-0.4, -0.2) is 18.4 Å². The Labute approximate surface area is 147 Å². The van der Waals surface area contributed by atoms with Gasteiger partial charge in [-0.05, 0) is 71.6 Å². The van der Waals surface area contributed by atoms with Crippen molar-refractivity contribution in [3.8, 4) is 0 Å². The first kappa shape index (κ1) is 16.2. The molecule has 2 amide bonds. The SMILES string of the molecule is O=C(NCCc1ccc(Br)s1)c1ccc(NC(=O)C2CC2)cc1. The molecule has 1 fully saturated rings. The number of carbonyl (C=O) groups is 2. The number of thiophene rings is 1. The first-order chi connectivity index (χ1) is 11.1. The van der Waals surface area contributed by atoms with Crippen molar-refractivity contribution in [3.63, 3.8) is 0 Å². The summed E-state index contributed by atoms with van der Waals surface area (Å²) in [5, 5.41) is 5.77. The van der Waals surface area contributed by atoms with Gasteiger partial charge in [-0.3, -0.25) is 9.59 Å². The molecule has 6 heteroatoms. The van der Waals surface area contributed by atoms with Gasteiger partial charge in [-0.1, -0.05) is 0 Å². The number of nitrogens with one attached hydrogen (secondary N) is 2. The van der Waals surface area contributed by atoms with E-state index in [0.29, 0.717) is 12.1 Å². The zero-order chi connectivity index (χ0) is 16.2. The summed E-state index contributed by atoms with van der Waals surface area (Å²) >= 11 is 5.10. The third-order valence-corrected chi connectivity index (χ3v) is 5.33. The van der Waals surface area contributed by atoms with Crippen molar-refractivity contribution in [1.82, 2.24) is 5.32 Å². The van der Waals surface area contributed by atoms with Gasteiger partial charge in [0, 0.05) is 28.6 Å². The monoisotopic (exact) mass is 392 g/mol. The summed E-state index contributed by atoms with van der Waals surface area (Å²) in [5.41, 5.74) is 1.34. The van der Waals surface area contributed by atoms with Crippen molar-refractivity contribution < 1.29 is 9.59 Å². The third kappa shape index (κ3) is 4.65. The van der Waals surface area contributed by atoms with Gasteiger partial charge in [-0.15, -0.1) is 11.3 Å². The zero-order valence-corrected chi connectivity index (χ0v) is 14.9. The Morgan fingerprint density at radius 3 is 2.48 bits per heavy atom. The molecule has 0 atom stereocenters. The maximum absolute atomic E-state index is 12.1. The molecule has 0 radical (unpaired) electrons. The van der Waals surface area contributed by atoms with Crippen LogP contribution in [0.1, 0.15) is 28.1 Å². The van der Waals surface area contributed by atoms with Gasteiger partial charge in [0.15, 0.2) is 0 Å². The first-order valence-electron chi connectivity index (χ1n) is 7.55. The van der Waals surface area contributed by atoms with Crippen LogP contribution in [0.3, 0.4) is 0 Å². The summed E-state index contributed by atoms with van der Waals surface area (Å²) in [7, 11) is 0. The van der Waals surface area contributed by atoms with E-state index in [-0.39, 0.29) is 17.7 Å². The van der Waals surface area contributed by atoms with Crippen LogP contribution in [0, 0.1) is 5.92 Å². The van der Waals surface area contributed by atoms with Gasteiger partial charge in [0.1, 0.15) is 0 Å². The number of hydrogen-bond donors (Lipinski definition) is 2. The second-order valence-corrected chi connectivity index (χ2v) is 8.10. The predicted molar refractivity (Wildman–Crippen MR) is 95.9 cm³/mol. The van der Waals surface area contributed by atoms with E-state index in [2.05, 4.69) is 32.6 Å². The van der Waals surface area contributed by atoms with E-state index >= 15 is 0 Å². The molecular formula is C17H17BrN2O2S. The maximum atomic E-state index is 12.1. The van der Waals surface area contributed by atoms with Crippen LogP contribution in [0.4, 0.5) is 5.69 Å². The van der Waals surface area contributed by atoms with Crippen LogP contribution < -0.4 is 10.6 Å². The molecule has 1 saturated carbocycles. The van der Waals surface area contributed by atoms with Crippen molar-refractivity contribution in [2.45, 2.75) is 19.3 Å². The summed E-state index contributed by atoms with van der Waals surface area (Å²) in [4.78, 5) is 25.0. The Balaban J connectivity index is 1.47. The van der Waals surface area contributed by atoms with Gasteiger partial charge in [0.2, 0.25) is 5.91 Å². The van der Waals surface area contributed by atoms with E-state index in [0.717, 1.165) is 28.7 Å². The molecule has 0 aliphatic heterocycles. The van der Waals surface area contributed by atoms with Crippen LogP contribution >= 0.6 is 27.3 Å². The molecule has 2 N–H and O–H groups in total. The molecule has 0 bridgehead atoms. The highest BCUT2D eigenvalue weighted by Crippen LogP contribution is 2.30. The number of carbonyl (C=O) groups excluding carboxylic acids is 2. The molecule has 2 aromatic rings. The lowest BCUT2D eigenvalue weighted by molar-refractivity contribution is -0.117. The molecule has 120 valence electrons. The summed E-state index contributed by atoms with van der Waals surface area (Å²) < 4.78 is 1.10. The number of benzene rings is 1. The van der Waals surface area contributed by atoms with Crippen molar-refractivity contribution in [1.29, 1.82) is 0 Å². The lowest BCUT2D eigenvalue weighted by Crippen LogP contribution is -2.25. The number of anilines is 1. The van der Waals surface area contributed by atoms with Crippen LogP contribution in [0.5, 0.6) is 0 Å². The van der Waals surface area contributed by atoms with E-state index in [1.165, 1.54) is 4.88 Å². The molecule has 3 rings (SSSR count). The van der Waals surface area contributed by atoms with Crippen molar-refractivity contribution in [2.75, 3.05) is 11.9 Å². The van der Waals surface area contributed by atoms with Gasteiger partial charge in [-0.2, -0.15) is 0 Å². The number of rotatable bonds is 6. The lowest BCUT2D eigenvalue weighted by Gasteiger charge is -2.07. The van der Waals surface area contributed by atoms with E-state index in [4.69, 9.17) is 0 Å². The number of amides is 2. The summed E-state index contributed by atoms with van der Waals surface area (Å²) in [6.07, 6.45) is 2.78. The third-order valence-electron chi connectivity index (χ3n) is 3.65. The second-order valence-electron chi connectivity index (χ2n) is 5.55. The Kier molecular flexibility index (Phi) is 5.13. The average Bonchev–Trinajstić information content (AvgIpc) is 3.31. The molecule has 4 nitrogen and oxygen atoms in total. The maximum Gasteiger partial charge on any atom is 0.251 e. The molecule has 1 aromatic carbocycles. The Morgan fingerprint density at radius 2 is 1.87 bits per heavy atom. The zero-order valence-electron chi connectivity index (χ0n) is 12.5. The highest BCUT2D eigenvalue weighted by atomic mass is 79.9. The van der Waals surface area contributed by atoms with E-state index in [1.807, 2.05) is 6.07 Å². The van der Waals surface area contributed by atoms with Crippen molar-refractivity contribution >= 4 is 44.8 Å². The average molecular weight is 393 g/mol. The van der Waals surface area contributed by atoms with Crippen LogP contribution in [0.15, 0.2) is 40.2 Å². The van der Waals surface area contributed by atoms with E-state index in [1.54, 1.807) is 35.6 Å². The van der Waals surface area contributed by atoms with E-state index in [9.17, 15) is 9.59 Å². The van der Waals surface area contributed by atoms with Crippen molar-refractivity contribution in [2.24, 2.45) is 5.92 Å². The van der Waals surface area contributed by atoms with Gasteiger partial charge in [0.05, 0.1) is 3.79 Å². The van der Waals surface area contributed by atoms with E-state index < -0.39 is 0 Å². The Bertz CT molecular complexity index is 708. The van der Waals surface area contributed by atoms with Crippen LogP contribution in [0.2, 0.25) is 0 Å². The number of halogens is 1. The fraction of sp³-hybridized carbons (Fsp3) is 0.294. The smallest absolute Gasteiger partial charge is 0.251 e. The minimum atomic E-state index is -0.0966. The fourth-order valence-corrected chi connectivity index (χ4v) is 3.66. The molecule has 1 aliphatic carbocycles. The topological polar surface area (TPSA) is 58.2 Å². The van der Waals surface area contributed by atoms with Gasteiger partial charge >= 0.3 is 0 Å². The quantitative estimate of drug-likeness (QED) is 0.784. The van der Waals surface area contributed by atoms with Gasteiger partial charge in [0.25, 0.3) is 5.91 Å². The molecule has 0 saturated heterocycles. The first-order valence-corrected chi connectivity index (χ1v) is 9.16. The minimum absolute atomic E-state index is 0.0734. The van der Waals surface area contributed by atoms with Crippen molar-refractivity contribution in [3.05, 3.63) is 50.6 Å². The molecule has 0 unspecified atom stereocenters. The second kappa shape index (κ2) is 7.27. The summed E-state index contributed by atoms with van der Waals surface area (Å²) in [6.45, 7) is 0.603. The number of hydrogen-bond acceptors (Lipinski definition) is 3. The lowest BCUT2D eigenvalue weighted by atomic mass is 10.2. The minimum Gasteiger partial charge on any atom is -0.352 e. The molecule has 1 heterocycles. The molecule has 0 spiro atoms. The predicted octanol–water partition coefficient (Wildman–Crippen LogP) is 3.83. The molecular weight excluding hydrogens is 376 g/mol. The molecule has 1 aliphatic rings. The summed E-state index contributed by atoms with van der Waals surface area (Å²) in [5.74, 6) is 0.153. The summed E-state index contributed by atoms with van der Waals surface area (Å²) in [6, 6.07) is 11.1. The fourth-order valence-electron chi connectivity index (χ4n) is 2.18. The normalized spacial score (nSPS) is 13.6.